The fourth-order valence-corrected chi connectivity index (χ4v) is 2.02. The molecule has 0 spiro atoms. The molecule has 1 fully saturated rings. The highest BCUT2D eigenvalue weighted by Crippen LogP contribution is 2.37. The standard InChI is InChI=1S/C13H15NO3/c1-15-14-13(9-2-3-9)10-4-5-11-12(8-10)17-7-6-16-11/h4-5,8-9H,2-3,6-7H2,1H3/b14-13+. The largest absolute Gasteiger partial charge is 0.486 e. The van der Waals surface area contributed by atoms with E-state index in [2.05, 4.69) is 5.16 Å². The van der Waals surface area contributed by atoms with Crippen molar-refractivity contribution in [1.29, 1.82) is 0 Å². The summed E-state index contributed by atoms with van der Waals surface area (Å²) < 4.78 is 11.1. The van der Waals surface area contributed by atoms with Crippen LogP contribution in [0, 0.1) is 5.92 Å². The smallest absolute Gasteiger partial charge is 0.162 e. The fourth-order valence-electron chi connectivity index (χ4n) is 2.02. The van der Waals surface area contributed by atoms with Crippen molar-refractivity contribution < 1.29 is 14.3 Å². The predicted octanol–water partition coefficient (Wildman–Crippen LogP) is 2.22. The van der Waals surface area contributed by atoms with Gasteiger partial charge in [-0.3, -0.25) is 0 Å². The molecule has 4 heteroatoms. The molecule has 2 aliphatic rings. The van der Waals surface area contributed by atoms with Gasteiger partial charge in [0.05, 0.1) is 5.71 Å². The van der Waals surface area contributed by atoms with Gasteiger partial charge in [-0.25, -0.2) is 0 Å². The molecule has 0 unspecified atom stereocenters. The molecule has 1 aromatic rings. The number of hydrogen-bond acceptors (Lipinski definition) is 4. The van der Waals surface area contributed by atoms with Crippen LogP contribution in [0.2, 0.25) is 0 Å². The van der Waals surface area contributed by atoms with Crippen molar-refractivity contribution in [3.05, 3.63) is 23.8 Å². The second kappa shape index (κ2) is 4.28. The molecule has 1 aliphatic carbocycles. The zero-order valence-electron chi connectivity index (χ0n) is 9.81. The van der Waals surface area contributed by atoms with E-state index in [1.165, 1.54) is 12.8 Å². The maximum absolute atomic E-state index is 5.57. The minimum atomic E-state index is 0.539. The van der Waals surface area contributed by atoms with Crippen LogP contribution in [-0.4, -0.2) is 26.0 Å². The summed E-state index contributed by atoms with van der Waals surface area (Å²) in [5.41, 5.74) is 2.09. The van der Waals surface area contributed by atoms with Gasteiger partial charge in [-0.2, -0.15) is 0 Å². The second-order valence-electron chi connectivity index (χ2n) is 4.29. The number of oxime groups is 1. The van der Waals surface area contributed by atoms with Crippen LogP contribution in [0.3, 0.4) is 0 Å². The van der Waals surface area contributed by atoms with E-state index in [0.29, 0.717) is 19.1 Å². The van der Waals surface area contributed by atoms with Gasteiger partial charge < -0.3 is 14.3 Å². The van der Waals surface area contributed by atoms with E-state index < -0.39 is 0 Å². The number of ether oxygens (including phenoxy) is 2. The first kappa shape index (κ1) is 10.4. The molecule has 0 radical (unpaired) electrons. The maximum Gasteiger partial charge on any atom is 0.162 e. The Morgan fingerprint density at radius 1 is 1.24 bits per heavy atom. The summed E-state index contributed by atoms with van der Waals surface area (Å²) in [6.45, 7) is 1.23. The minimum absolute atomic E-state index is 0.539. The van der Waals surface area contributed by atoms with Crippen LogP contribution in [0.15, 0.2) is 23.4 Å². The molecule has 90 valence electrons. The van der Waals surface area contributed by atoms with Gasteiger partial charge in [0.15, 0.2) is 11.5 Å². The summed E-state index contributed by atoms with van der Waals surface area (Å²) in [5, 5.41) is 4.13. The minimum Gasteiger partial charge on any atom is -0.486 e. The Kier molecular flexibility index (Phi) is 2.63. The van der Waals surface area contributed by atoms with E-state index in [4.69, 9.17) is 14.3 Å². The molecule has 0 amide bonds. The lowest BCUT2D eigenvalue weighted by atomic mass is 10.1. The number of nitrogens with zero attached hydrogens (tertiary/aromatic N) is 1. The lowest BCUT2D eigenvalue weighted by Gasteiger charge is -2.19. The Morgan fingerprint density at radius 3 is 2.71 bits per heavy atom. The van der Waals surface area contributed by atoms with Crippen LogP contribution >= 0.6 is 0 Å². The molecular formula is C13H15NO3. The third-order valence-corrected chi connectivity index (χ3v) is 2.99. The van der Waals surface area contributed by atoms with Gasteiger partial charge in [-0.15, -0.1) is 0 Å². The van der Waals surface area contributed by atoms with Crippen LogP contribution in [0.1, 0.15) is 18.4 Å². The molecule has 17 heavy (non-hydrogen) atoms. The van der Waals surface area contributed by atoms with Gasteiger partial charge in [-0.1, -0.05) is 5.16 Å². The van der Waals surface area contributed by atoms with Crippen molar-refractivity contribution >= 4 is 5.71 Å². The van der Waals surface area contributed by atoms with E-state index >= 15 is 0 Å². The maximum atomic E-state index is 5.57. The van der Waals surface area contributed by atoms with Gasteiger partial charge in [0, 0.05) is 11.5 Å². The molecular weight excluding hydrogens is 218 g/mol. The normalized spacial score (nSPS) is 19.0. The van der Waals surface area contributed by atoms with Crippen LogP contribution < -0.4 is 9.47 Å². The van der Waals surface area contributed by atoms with Gasteiger partial charge in [0.1, 0.15) is 20.3 Å². The van der Waals surface area contributed by atoms with Crippen molar-refractivity contribution in [3.8, 4) is 11.5 Å². The zero-order chi connectivity index (χ0) is 11.7. The Balaban J connectivity index is 1.94. The highest BCUT2D eigenvalue weighted by atomic mass is 16.6. The fraction of sp³-hybridized carbons (Fsp3) is 0.462. The summed E-state index contributed by atoms with van der Waals surface area (Å²) in [4.78, 5) is 4.92. The summed E-state index contributed by atoms with van der Waals surface area (Å²) in [6, 6.07) is 5.95. The van der Waals surface area contributed by atoms with E-state index in [0.717, 1.165) is 22.8 Å². The highest BCUT2D eigenvalue weighted by molar-refractivity contribution is 6.03. The molecule has 1 aromatic carbocycles. The van der Waals surface area contributed by atoms with E-state index in [-0.39, 0.29) is 0 Å². The first-order valence-corrected chi connectivity index (χ1v) is 5.89. The zero-order valence-corrected chi connectivity index (χ0v) is 9.81. The van der Waals surface area contributed by atoms with E-state index in [1.807, 2.05) is 18.2 Å². The van der Waals surface area contributed by atoms with E-state index in [1.54, 1.807) is 7.11 Å². The molecule has 0 saturated heterocycles. The third kappa shape index (κ3) is 2.07. The molecule has 0 N–H and O–H groups in total. The monoisotopic (exact) mass is 233 g/mol. The quantitative estimate of drug-likeness (QED) is 0.593. The van der Waals surface area contributed by atoms with Gasteiger partial charge >= 0.3 is 0 Å². The van der Waals surface area contributed by atoms with Crippen LogP contribution in [0.5, 0.6) is 11.5 Å². The van der Waals surface area contributed by atoms with Crippen LogP contribution in [-0.2, 0) is 4.84 Å². The Hall–Kier alpha value is -1.71. The van der Waals surface area contributed by atoms with Crippen LogP contribution in [0.4, 0.5) is 0 Å². The Labute approximate surface area is 100 Å². The molecule has 0 bridgehead atoms. The molecule has 3 rings (SSSR count). The molecule has 1 heterocycles. The van der Waals surface area contributed by atoms with E-state index in [9.17, 15) is 0 Å². The average molecular weight is 233 g/mol. The highest BCUT2D eigenvalue weighted by Gasteiger charge is 2.30. The van der Waals surface area contributed by atoms with Gasteiger partial charge in [-0.05, 0) is 31.0 Å². The van der Waals surface area contributed by atoms with Crippen molar-refractivity contribution in [2.45, 2.75) is 12.8 Å². The van der Waals surface area contributed by atoms with Crippen molar-refractivity contribution in [1.82, 2.24) is 0 Å². The van der Waals surface area contributed by atoms with Crippen LogP contribution in [0.25, 0.3) is 0 Å². The molecule has 0 aromatic heterocycles. The first-order valence-electron chi connectivity index (χ1n) is 5.89. The first-order chi connectivity index (χ1) is 8.38. The topological polar surface area (TPSA) is 40.0 Å². The van der Waals surface area contributed by atoms with Crippen molar-refractivity contribution in [2.75, 3.05) is 20.3 Å². The summed E-state index contributed by atoms with van der Waals surface area (Å²) >= 11 is 0. The average Bonchev–Trinajstić information content (AvgIpc) is 3.20. The number of fused-ring (bicyclic) bond motifs is 1. The number of benzene rings is 1. The molecule has 1 saturated carbocycles. The molecule has 1 aliphatic heterocycles. The molecule has 0 atom stereocenters. The third-order valence-electron chi connectivity index (χ3n) is 2.99. The summed E-state index contributed by atoms with van der Waals surface area (Å²) in [5.74, 6) is 2.16. The summed E-state index contributed by atoms with van der Waals surface area (Å²) in [6.07, 6.45) is 2.38. The SMILES string of the molecule is CO/N=C(/c1ccc2c(c1)OCCO2)C1CC1. The number of rotatable bonds is 3. The lowest BCUT2D eigenvalue weighted by Crippen LogP contribution is -2.16. The number of hydrogen-bond donors (Lipinski definition) is 0. The lowest BCUT2D eigenvalue weighted by molar-refractivity contribution is 0.171. The summed E-state index contributed by atoms with van der Waals surface area (Å²) in [7, 11) is 1.58. The van der Waals surface area contributed by atoms with Gasteiger partial charge in [0.2, 0.25) is 0 Å². The second-order valence-corrected chi connectivity index (χ2v) is 4.29. The molecule has 4 nitrogen and oxygen atoms in total. The van der Waals surface area contributed by atoms with Crippen molar-refractivity contribution in [3.63, 3.8) is 0 Å². The Bertz CT molecular complexity index is 452. The van der Waals surface area contributed by atoms with Crippen molar-refractivity contribution in [2.24, 2.45) is 11.1 Å². The van der Waals surface area contributed by atoms with Gasteiger partial charge in [0.25, 0.3) is 0 Å². The predicted molar refractivity (Wildman–Crippen MR) is 63.7 cm³/mol. The Morgan fingerprint density at radius 2 is 2.00 bits per heavy atom.